The van der Waals surface area contributed by atoms with Gasteiger partial charge in [0.1, 0.15) is 23.0 Å². The first-order valence-corrected chi connectivity index (χ1v) is 11.3. The Morgan fingerprint density at radius 1 is 1.06 bits per heavy atom. The third kappa shape index (κ3) is 8.18. The largest absolute Gasteiger partial charge is 0.480 e. The summed E-state index contributed by atoms with van der Waals surface area (Å²) in [5, 5.41) is 17.8. The number of nitrogens with one attached hydrogen (secondary N) is 3. The molecule has 0 unspecified atom stereocenters. The van der Waals surface area contributed by atoms with Crippen molar-refractivity contribution in [2.75, 3.05) is 23.7 Å². The number of ether oxygens (including phenoxy) is 1. The van der Waals surface area contributed by atoms with Crippen LogP contribution in [0.1, 0.15) is 45.6 Å². The van der Waals surface area contributed by atoms with Gasteiger partial charge in [-0.15, -0.1) is 0 Å². The summed E-state index contributed by atoms with van der Waals surface area (Å²) in [6.07, 6.45) is 1.32. The molecule has 0 spiro atoms. The molecule has 0 aliphatic heterocycles. The molecule has 0 aliphatic carbocycles. The van der Waals surface area contributed by atoms with E-state index < -0.39 is 40.6 Å². The molecule has 34 heavy (non-hydrogen) atoms. The van der Waals surface area contributed by atoms with Gasteiger partial charge >= 0.3 is 12.1 Å². The Hall–Kier alpha value is -3.40. The van der Waals surface area contributed by atoms with E-state index in [0.29, 0.717) is 25.8 Å². The molecule has 2 rings (SSSR count). The lowest BCUT2D eigenvalue weighted by Gasteiger charge is -2.25. The number of carboxylic acids is 1. The summed E-state index contributed by atoms with van der Waals surface area (Å²) in [5.74, 6) is -1.12. The topological polar surface area (TPSA) is 160 Å². The Labute approximate surface area is 198 Å². The quantitative estimate of drug-likeness (QED) is 0.215. The maximum atomic E-state index is 12.3. The average molecular weight is 475 g/mol. The predicted octanol–water partition coefficient (Wildman–Crippen LogP) is 1.82. The third-order valence-electron chi connectivity index (χ3n) is 5.04. The van der Waals surface area contributed by atoms with Gasteiger partial charge in [0.05, 0.1) is 6.04 Å². The van der Waals surface area contributed by atoms with Crippen LogP contribution in [0.2, 0.25) is 0 Å². The number of hydrogen-bond donors (Lipinski definition) is 5. The SMILES string of the molecule is CC(C)(C)OC(=O)N[C@H](CNc1c(N[C@@H](CCCCN)C(=O)O)c(=O)c1=O)Cc1ccccc1. The molecule has 1 amide bonds. The van der Waals surface area contributed by atoms with E-state index in [1.165, 1.54) is 0 Å². The number of nitrogens with two attached hydrogens (primary N) is 1. The minimum absolute atomic E-state index is 0.0131. The van der Waals surface area contributed by atoms with Gasteiger partial charge in [0.15, 0.2) is 0 Å². The zero-order valence-electron chi connectivity index (χ0n) is 19.8. The van der Waals surface area contributed by atoms with Gasteiger partial charge in [-0.25, -0.2) is 9.59 Å². The van der Waals surface area contributed by atoms with Crippen LogP contribution in [0, 0.1) is 0 Å². The number of amides is 1. The molecule has 0 heterocycles. The Morgan fingerprint density at radius 3 is 2.29 bits per heavy atom. The highest BCUT2D eigenvalue weighted by Gasteiger charge is 2.27. The van der Waals surface area contributed by atoms with E-state index >= 15 is 0 Å². The van der Waals surface area contributed by atoms with Crippen LogP contribution in [-0.4, -0.2) is 47.9 Å². The van der Waals surface area contributed by atoms with Crippen molar-refractivity contribution in [1.29, 1.82) is 0 Å². The lowest BCUT2D eigenvalue weighted by molar-refractivity contribution is -0.138. The molecule has 2 aromatic carbocycles. The van der Waals surface area contributed by atoms with Crippen molar-refractivity contribution in [2.24, 2.45) is 5.73 Å². The molecule has 10 nitrogen and oxygen atoms in total. The van der Waals surface area contributed by atoms with Crippen LogP contribution in [0.3, 0.4) is 0 Å². The molecule has 0 aromatic heterocycles. The van der Waals surface area contributed by atoms with Gasteiger partial charge in [-0.3, -0.25) is 9.59 Å². The van der Waals surface area contributed by atoms with Crippen LogP contribution >= 0.6 is 0 Å². The number of benzene rings is 1. The highest BCUT2D eigenvalue weighted by atomic mass is 16.6. The zero-order valence-corrected chi connectivity index (χ0v) is 19.8. The van der Waals surface area contributed by atoms with Gasteiger partial charge in [0.25, 0.3) is 10.9 Å². The van der Waals surface area contributed by atoms with Gasteiger partial charge in [-0.05, 0) is 58.6 Å². The zero-order chi connectivity index (χ0) is 25.3. The fourth-order valence-electron chi connectivity index (χ4n) is 3.39. The van der Waals surface area contributed by atoms with Gasteiger partial charge in [0, 0.05) is 6.54 Å². The monoisotopic (exact) mass is 474 g/mol. The van der Waals surface area contributed by atoms with Crippen LogP contribution in [0.5, 0.6) is 0 Å². The fraction of sp³-hybridized carbons (Fsp3) is 0.500. The van der Waals surface area contributed by atoms with Gasteiger partial charge in [-0.2, -0.15) is 0 Å². The summed E-state index contributed by atoms with van der Waals surface area (Å²) in [6, 6.07) is 7.97. The van der Waals surface area contributed by atoms with Crippen LogP contribution in [0.25, 0.3) is 0 Å². The normalized spacial score (nSPS) is 13.2. The van der Waals surface area contributed by atoms with Crippen molar-refractivity contribution in [3.8, 4) is 0 Å². The number of aliphatic carboxylic acids is 1. The van der Waals surface area contributed by atoms with Gasteiger partial charge in [0.2, 0.25) is 0 Å². The Morgan fingerprint density at radius 2 is 1.71 bits per heavy atom. The average Bonchev–Trinajstić information content (AvgIpc) is 2.76. The maximum absolute atomic E-state index is 12.3. The molecule has 6 N–H and O–H groups in total. The van der Waals surface area contributed by atoms with Crippen molar-refractivity contribution in [3.63, 3.8) is 0 Å². The molecular formula is C24H34N4O6. The summed E-state index contributed by atoms with van der Waals surface area (Å²) in [7, 11) is 0. The summed E-state index contributed by atoms with van der Waals surface area (Å²) in [4.78, 5) is 48.2. The van der Waals surface area contributed by atoms with Crippen LogP contribution in [-0.2, 0) is 16.0 Å². The number of hydrogen-bond acceptors (Lipinski definition) is 8. The summed E-state index contributed by atoms with van der Waals surface area (Å²) in [6.45, 7) is 5.83. The molecule has 2 atom stereocenters. The van der Waals surface area contributed by atoms with Crippen LogP contribution in [0.15, 0.2) is 39.9 Å². The summed E-state index contributed by atoms with van der Waals surface area (Å²) >= 11 is 0. The van der Waals surface area contributed by atoms with E-state index in [1.54, 1.807) is 20.8 Å². The minimum Gasteiger partial charge on any atom is -0.480 e. The molecule has 10 heteroatoms. The number of carbonyl (C=O) groups excluding carboxylic acids is 1. The Kier molecular flexibility index (Phi) is 9.61. The molecule has 186 valence electrons. The molecular weight excluding hydrogens is 440 g/mol. The number of carboxylic acid groups (broad SMARTS) is 1. The molecule has 0 bridgehead atoms. The first kappa shape index (κ1) is 26.8. The van der Waals surface area contributed by atoms with Crippen LogP contribution < -0.4 is 32.5 Å². The van der Waals surface area contributed by atoms with Gasteiger partial charge < -0.3 is 31.5 Å². The molecule has 0 aliphatic rings. The van der Waals surface area contributed by atoms with Crippen molar-refractivity contribution in [2.45, 2.75) is 64.1 Å². The fourth-order valence-corrected chi connectivity index (χ4v) is 3.39. The molecule has 0 fully saturated rings. The number of rotatable bonds is 13. The molecule has 0 saturated heterocycles. The molecule has 0 radical (unpaired) electrons. The number of unbranched alkanes of at least 4 members (excludes halogenated alkanes) is 1. The van der Waals surface area contributed by atoms with E-state index in [4.69, 9.17) is 10.5 Å². The minimum atomic E-state index is -1.12. The van der Waals surface area contributed by atoms with E-state index in [2.05, 4.69) is 16.0 Å². The number of alkyl carbamates (subject to hydrolysis) is 1. The second kappa shape index (κ2) is 12.2. The van der Waals surface area contributed by atoms with E-state index in [0.717, 1.165) is 5.56 Å². The highest BCUT2D eigenvalue weighted by molar-refractivity contribution is 5.82. The summed E-state index contributed by atoms with van der Waals surface area (Å²) < 4.78 is 5.34. The summed E-state index contributed by atoms with van der Waals surface area (Å²) in [5.41, 5.74) is 4.19. The molecule has 2 aromatic rings. The number of carbonyl (C=O) groups is 2. The highest BCUT2D eigenvalue weighted by Crippen LogP contribution is 2.18. The molecule has 0 saturated carbocycles. The first-order chi connectivity index (χ1) is 16.0. The second-order valence-electron chi connectivity index (χ2n) is 9.14. The van der Waals surface area contributed by atoms with Crippen molar-refractivity contribution in [3.05, 3.63) is 56.3 Å². The van der Waals surface area contributed by atoms with Crippen molar-refractivity contribution >= 4 is 23.4 Å². The van der Waals surface area contributed by atoms with E-state index in [9.17, 15) is 24.3 Å². The first-order valence-electron chi connectivity index (χ1n) is 11.3. The third-order valence-corrected chi connectivity index (χ3v) is 5.04. The number of anilines is 2. The lowest BCUT2D eigenvalue weighted by Crippen LogP contribution is -2.46. The van der Waals surface area contributed by atoms with E-state index in [1.807, 2.05) is 30.3 Å². The lowest BCUT2D eigenvalue weighted by atomic mass is 10.0. The predicted molar refractivity (Wildman–Crippen MR) is 131 cm³/mol. The van der Waals surface area contributed by atoms with Crippen molar-refractivity contribution in [1.82, 2.24) is 5.32 Å². The Balaban J connectivity index is 2.12. The smallest absolute Gasteiger partial charge is 0.407 e. The van der Waals surface area contributed by atoms with E-state index in [-0.39, 0.29) is 24.3 Å². The van der Waals surface area contributed by atoms with Crippen LogP contribution in [0.4, 0.5) is 16.2 Å². The van der Waals surface area contributed by atoms with Gasteiger partial charge in [-0.1, -0.05) is 30.3 Å². The second-order valence-corrected chi connectivity index (χ2v) is 9.14. The Bertz CT molecular complexity index is 1020. The standard InChI is InChI=1S/C24H34N4O6/c1-24(2,3)34-23(33)27-16(13-15-9-5-4-6-10-15)14-26-18-19(21(30)20(18)29)28-17(22(31)32)11-7-8-12-25/h4-6,9-10,16-17,26,28H,7-8,11-14,25H2,1-3H3,(H,27,33)(H,31,32)/t16-,17-/m0/s1. The maximum Gasteiger partial charge on any atom is 0.407 e. The van der Waals surface area contributed by atoms with Crippen molar-refractivity contribution < 1.29 is 19.4 Å².